The maximum atomic E-state index is 14.0. The maximum Gasteiger partial charge on any atom is 0.232 e. The second kappa shape index (κ2) is 11.4. The number of para-hydroxylation sites is 1. The van der Waals surface area contributed by atoms with Crippen LogP contribution in [0.4, 0.5) is 10.1 Å². The van der Waals surface area contributed by atoms with Crippen LogP contribution < -0.4 is 9.62 Å². The van der Waals surface area contributed by atoms with Crippen LogP contribution in [0.25, 0.3) is 0 Å². The van der Waals surface area contributed by atoms with Gasteiger partial charge in [0.15, 0.2) is 0 Å². The summed E-state index contributed by atoms with van der Waals surface area (Å²) in [4.78, 5) is 14.6. The summed E-state index contributed by atoms with van der Waals surface area (Å²) in [6.07, 6.45) is 1.46. The van der Waals surface area contributed by atoms with Gasteiger partial charge in [-0.1, -0.05) is 36.4 Å². The highest BCUT2D eigenvalue weighted by Gasteiger charge is 2.20. The minimum Gasteiger partial charge on any atom is -0.379 e. The van der Waals surface area contributed by atoms with Crippen LogP contribution in [0.2, 0.25) is 0 Å². The average Bonchev–Trinajstić information content (AvgIpc) is 2.77. The Morgan fingerprint density at radius 3 is 2.41 bits per heavy atom. The molecule has 0 atom stereocenters. The van der Waals surface area contributed by atoms with Crippen molar-refractivity contribution >= 4 is 21.6 Å². The Morgan fingerprint density at radius 1 is 1.09 bits per heavy atom. The van der Waals surface area contributed by atoms with E-state index < -0.39 is 15.8 Å². The van der Waals surface area contributed by atoms with E-state index in [0.29, 0.717) is 6.54 Å². The number of hydrogen-bond acceptors (Lipinski definition) is 5. The molecule has 1 fully saturated rings. The van der Waals surface area contributed by atoms with Crippen molar-refractivity contribution < 1.29 is 22.3 Å². The van der Waals surface area contributed by atoms with Gasteiger partial charge in [0.2, 0.25) is 15.9 Å². The summed E-state index contributed by atoms with van der Waals surface area (Å²) in [5.41, 5.74) is 2.21. The molecule has 7 nitrogen and oxygen atoms in total. The lowest BCUT2D eigenvalue weighted by Crippen LogP contribution is -2.35. The lowest BCUT2D eigenvalue weighted by molar-refractivity contribution is -0.121. The topological polar surface area (TPSA) is 79.0 Å². The van der Waals surface area contributed by atoms with E-state index in [4.69, 9.17) is 4.74 Å². The smallest absolute Gasteiger partial charge is 0.232 e. The highest BCUT2D eigenvalue weighted by atomic mass is 32.2. The third kappa shape index (κ3) is 7.29. The number of carbonyl (C=O) groups excluding carboxylic acids is 1. The molecule has 1 aliphatic heterocycles. The number of halogens is 1. The molecule has 0 unspecified atom stereocenters. The van der Waals surface area contributed by atoms with E-state index in [1.807, 2.05) is 12.1 Å². The lowest BCUT2D eigenvalue weighted by atomic mass is 10.1. The first kappa shape index (κ1) is 24.2. The van der Waals surface area contributed by atoms with Gasteiger partial charge in [0.1, 0.15) is 5.82 Å². The molecule has 9 heteroatoms. The predicted octanol–water partition coefficient (Wildman–Crippen LogP) is 2.52. The minimum absolute atomic E-state index is 0.00687. The highest BCUT2D eigenvalue weighted by molar-refractivity contribution is 7.92. The van der Waals surface area contributed by atoms with E-state index >= 15 is 0 Å². The molecule has 1 aliphatic rings. The zero-order valence-corrected chi connectivity index (χ0v) is 19.1. The molecule has 0 aliphatic carbocycles. The number of amides is 1. The quantitative estimate of drug-likeness (QED) is 0.586. The standard InChI is InChI=1S/C23H30FN3O4S/c1-32(29,30)27(22-6-3-2-5-21(22)24)12-4-7-23(28)25-17-19-8-10-20(11-9-19)18-26-13-15-31-16-14-26/h2-3,5-6,8-11H,4,7,12-18H2,1H3,(H,25,28). The van der Waals surface area contributed by atoms with Gasteiger partial charge in [-0.05, 0) is 29.7 Å². The molecule has 1 amide bonds. The van der Waals surface area contributed by atoms with Crippen molar-refractivity contribution in [3.63, 3.8) is 0 Å². The summed E-state index contributed by atoms with van der Waals surface area (Å²) in [5.74, 6) is -0.788. The van der Waals surface area contributed by atoms with Gasteiger partial charge >= 0.3 is 0 Å². The number of sulfonamides is 1. The van der Waals surface area contributed by atoms with Gasteiger partial charge < -0.3 is 10.1 Å². The SMILES string of the molecule is CS(=O)(=O)N(CCCC(=O)NCc1ccc(CN2CCOCC2)cc1)c1ccccc1F. The maximum absolute atomic E-state index is 14.0. The second-order valence-electron chi connectivity index (χ2n) is 7.87. The Kier molecular flexibility index (Phi) is 8.60. The summed E-state index contributed by atoms with van der Waals surface area (Å²) in [6, 6.07) is 13.8. The fraction of sp³-hybridized carbons (Fsp3) is 0.435. The Morgan fingerprint density at radius 2 is 1.75 bits per heavy atom. The zero-order chi connectivity index (χ0) is 23.0. The van der Waals surface area contributed by atoms with Crippen molar-refractivity contribution in [2.75, 3.05) is 43.4 Å². The predicted molar refractivity (Wildman–Crippen MR) is 122 cm³/mol. The van der Waals surface area contributed by atoms with Crippen molar-refractivity contribution in [1.82, 2.24) is 10.2 Å². The summed E-state index contributed by atoms with van der Waals surface area (Å²) < 4.78 is 44.5. The fourth-order valence-corrected chi connectivity index (χ4v) is 4.54. The normalized spacial score (nSPS) is 14.8. The van der Waals surface area contributed by atoms with Crippen LogP contribution in [0, 0.1) is 5.82 Å². The summed E-state index contributed by atoms with van der Waals surface area (Å²) in [5, 5.41) is 2.86. The van der Waals surface area contributed by atoms with Gasteiger partial charge in [0.05, 0.1) is 25.2 Å². The molecule has 0 saturated carbocycles. The van der Waals surface area contributed by atoms with Gasteiger partial charge in [-0.3, -0.25) is 14.0 Å². The number of morpholine rings is 1. The van der Waals surface area contributed by atoms with Crippen molar-refractivity contribution in [2.45, 2.75) is 25.9 Å². The summed E-state index contributed by atoms with van der Waals surface area (Å²) in [7, 11) is -3.66. The molecule has 0 spiro atoms. The average molecular weight is 464 g/mol. The van der Waals surface area contributed by atoms with Crippen LogP contribution in [0.3, 0.4) is 0 Å². The Bertz CT molecular complexity index is 993. The fourth-order valence-electron chi connectivity index (χ4n) is 3.57. The number of anilines is 1. The first-order valence-corrected chi connectivity index (χ1v) is 12.5. The van der Waals surface area contributed by atoms with E-state index in [1.165, 1.54) is 23.8 Å². The van der Waals surface area contributed by atoms with Crippen LogP contribution in [0.15, 0.2) is 48.5 Å². The third-order valence-corrected chi connectivity index (χ3v) is 6.49. The highest BCUT2D eigenvalue weighted by Crippen LogP contribution is 2.21. The minimum atomic E-state index is -3.66. The van der Waals surface area contributed by atoms with Crippen LogP contribution in [0.5, 0.6) is 0 Å². The molecule has 0 aromatic heterocycles. The van der Waals surface area contributed by atoms with Crippen molar-refractivity contribution in [3.05, 3.63) is 65.5 Å². The van der Waals surface area contributed by atoms with Gasteiger partial charge in [-0.2, -0.15) is 0 Å². The Hall–Kier alpha value is -2.49. The first-order valence-electron chi connectivity index (χ1n) is 10.7. The van der Waals surface area contributed by atoms with Crippen molar-refractivity contribution in [3.8, 4) is 0 Å². The van der Waals surface area contributed by atoms with Crippen molar-refractivity contribution in [1.29, 1.82) is 0 Å². The molecule has 1 heterocycles. The molecule has 0 bridgehead atoms. The number of benzene rings is 2. The lowest BCUT2D eigenvalue weighted by Gasteiger charge is -2.26. The van der Waals surface area contributed by atoms with E-state index in [2.05, 4.69) is 22.3 Å². The summed E-state index contributed by atoms with van der Waals surface area (Å²) >= 11 is 0. The van der Waals surface area contributed by atoms with E-state index in [1.54, 1.807) is 6.07 Å². The van der Waals surface area contributed by atoms with Crippen LogP contribution in [0.1, 0.15) is 24.0 Å². The zero-order valence-electron chi connectivity index (χ0n) is 18.3. The molecule has 3 rings (SSSR count). The number of nitrogens with zero attached hydrogens (tertiary/aromatic N) is 2. The monoisotopic (exact) mass is 463 g/mol. The van der Waals surface area contributed by atoms with Gasteiger partial charge in [0.25, 0.3) is 0 Å². The van der Waals surface area contributed by atoms with Gasteiger partial charge in [-0.15, -0.1) is 0 Å². The van der Waals surface area contributed by atoms with E-state index in [-0.39, 0.29) is 31.0 Å². The van der Waals surface area contributed by atoms with Gasteiger partial charge in [-0.25, -0.2) is 12.8 Å². The molecule has 2 aromatic carbocycles. The molecule has 174 valence electrons. The molecule has 1 saturated heterocycles. The number of ether oxygens (including phenoxy) is 1. The second-order valence-corrected chi connectivity index (χ2v) is 9.78. The molecule has 2 aromatic rings. The van der Waals surface area contributed by atoms with Gasteiger partial charge in [0, 0.05) is 39.1 Å². The van der Waals surface area contributed by atoms with E-state index in [0.717, 1.165) is 49.0 Å². The van der Waals surface area contributed by atoms with E-state index in [9.17, 15) is 17.6 Å². The number of nitrogens with one attached hydrogen (secondary N) is 1. The molecular weight excluding hydrogens is 433 g/mol. The van der Waals surface area contributed by atoms with Crippen LogP contribution in [-0.2, 0) is 32.6 Å². The number of hydrogen-bond donors (Lipinski definition) is 1. The van der Waals surface area contributed by atoms with Crippen LogP contribution in [-0.4, -0.2) is 58.3 Å². The molecular formula is C23H30FN3O4S. The molecule has 32 heavy (non-hydrogen) atoms. The molecule has 1 N–H and O–H groups in total. The summed E-state index contributed by atoms with van der Waals surface area (Å²) in [6.45, 7) is 4.73. The largest absolute Gasteiger partial charge is 0.379 e. The van der Waals surface area contributed by atoms with Crippen molar-refractivity contribution in [2.24, 2.45) is 0 Å². The number of rotatable bonds is 10. The third-order valence-electron chi connectivity index (χ3n) is 5.31. The first-order chi connectivity index (χ1) is 15.3. The molecule has 0 radical (unpaired) electrons. The Balaban J connectivity index is 1.44. The number of carbonyl (C=O) groups is 1. The van der Waals surface area contributed by atoms with Crippen LogP contribution >= 0.6 is 0 Å². The Labute approximate surface area is 189 Å².